The third-order valence-electron chi connectivity index (χ3n) is 2.21. The van der Waals surface area contributed by atoms with Crippen molar-refractivity contribution in [3.63, 3.8) is 0 Å². The van der Waals surface area contributed by atoms with Crippen molar-refractivity contribution in [3.05, 3.63) is 29.8 Å². The van der Waals surface area contributed by atoms with Crippen molar-refractivity contribution in [2.24, 2.45) is 0 Å². The van der Waals surface area contributed by atoms with Gasteiger partial charge in [0.05, 0.1) is 6.61 Å². The second-order valence-electron chi connectivity index (χ2n) is 3.45. The largest absolute Gasteiger partial charge is 0.395 e. The number of benzene rings is 1. The van der Waals surface area contributed by atoms with Crippen LogP contribution >= 0.6 is 0 Å². The third-order valence-corrected chi connectivity index (χ3v) is 2.21. The van der Waals surface area contributed by atoms with Crippen LogP contribution in [0.4, 0.5) is 5.69 Å². The first-order valence-corrected chi connectivity index (χ1v) is 5.30. The highest BCUT2D eigenvalue weighted by molar-refractivity contribution is 5.44. The first-order chi connectivity index (χ1) is 6.86. The maximum absolute atomic E-state index is 8.64. The molecule has 0 fully saturated rings. The van der Waals surface area contributed by atoms with E-state index in [9.17, 15) is 0 Å². The normalized spacial score (nSPS) is 10.1. The van der Waals surface area contributed by atoms with Crippen LogP contribution in [0.1, 0.15) is 25.3 Å². The fourth-order valence-electron chi connectivity index (χ4n) is 1.37. The summed E-state index contributed by atoms with van der Waals surface area (Å²) in [5, 5.41) is 11.8. The fourth-order valence-corrected chi connectivity index (χ4v) is 1.37. The molecule has 2 heteroatoms. The topological polar surface area (TPSA) is 32.3 Å². The smallest absolute Gasteiger partial charge is 0.0604 e. The van der Waals surface area contributed by atoms with Crippen LogP contribution in [0.5, 0.6) is 0 Å². The lowest BCUT2D eigenvalue weighted by molar-refractivity contribution is 0.311. The average Bonchev–Trinajstić information content (AvgIpc) is 2.25. The monoisotopic (exact) mass is 193 g/mol. The first-order valence-electron chi connectivity index (χ1n) is 5.30. The molecule has 1 rings (SSSR count). The first kappa shape index (κ1) is 11.1. The number of hydrogen-bond donors (Lipinski definition) is 2. The van der Waals surface area contributed by atoms with Crippen molar-refractivity contribution in [1.82, 2.24) is 0 Å². The Bertz CT molecular complexity index is 216. The molecule has 0 radical (unpaired) electrons. The number of rotatable bonds is 6. The van der Waals surface area contributed by atoms with Crippen molar-refractivity contribution in [3.8, 4) is 0 Å². The number of aliphatic hydroxyl groups is 1. The molecule has 0 spiro atoms. The van der Waals surface area contributed by atoms with Crippen LogP contribution in [0.2, 0.25) is 0 Å². The Morgan fingerprint density at radius 2 is 1.93 bits per heavy atom. The quantitative estimate of drug-likeness (QED) is 0.727. The van der Waals surface area contributed by atoms with Crippen molar-refractivity contribution < 1.29 is 5.11 Å². The van der Waals surface area contributed by atoms with Crippen LogP contribution in [0.3, 0.4) is 0 Å². The van der Waals surface area contributed by atoms with E-state index < -0.39 is 0 Å². The van der Waals surface area contributed by atoms with Gasteiger partial charge in [-0.25, -0.2) is 0 Å². The van der Waals surface area contributed by atoms with Gasteiger partial charge in [0.1, 0.15) is 0 Å². The lowest BCUT2D eigenvalue weighted by Gasteiger charge is -2.05. The molecule has 0 saturated heterocycles. The van der Waals surface area contributed by atoms with Crippen LogP contribution in [0.15, 0.2) is 24.3 Å². The zero-order chi connectivity index (χ0) is 10.2. The molecule has 1 aromatic carbocycles. The standard InChI is InChI=1S/C12H19NO/c1-2-3-4-11-5-7-12(8-6-11)13-9-10-14/h5-8,13-14H,2-4,9-10H2,1H3. The molecular weight excluding hydrogens is 174 g/mol. The molecule has 0 atom stereocenters. The summed E-state index contributed by atoms with van der Waals surface area (Å²) in [6, 6.07) is 8.44. The van der Waals surface area contributed by atoms with E-state index in [-0.39, 0.29) is 6.61 Å². The van der Waals surface area contributed by atoms with E-state index in [1.165, 1.54) is 18.4 Å². The highest BCUT2D eigenvalue weighted by Crippen LogP contribution is 2.11. The molecule has 0 aliphatic heterocycles. The predicted molar refractivity (Wildman–Crippen MR) is 60.6 cm³/mol. The number of anilines is 1. The van der Waals surface area contributed by atoms with Gasteiger partial charge >= 0.3 is 0 Å². The maximum atomic E-state index is 8.64. The van der Waals surface area contributed by atoms with Gasteiger partial charge in [-0.1, -0.05) is 25.5 Å². The highest BCUT2D eigenvalue weighted by Gasteiger charge is 1.93. The Kier molecular flexibility index (Phi) is 5.08. The van der Waals surface area contributed by atoms with E-state index in [0.717, 1.165) is 12.1 Å². The van der Waals surface area contributed by atoms with Gasteiger partial charge in [-0.2, -0.15) is 0 Å². The summed E-state index contributed by atoms with van der Waals surface area (Å²) in [7, 11) is 0. The van der Waals surface area contributed by atoms with Crippen LogP contribution in [-0.2, 0) is 6.42 Å². The summed E-state index contributed by atoms with van der Waals surface area (Å²) in [5.74, 6) is 0. The lowest BCUT2D eigenvalue weighted by atomic mass is 10.1. The number of nitrogens with one attached hydrogen (secondary N) is 1. The molecule has 2 nitrogen and oxygen atoms in total. The fraction of sp³-hybridized carbons (Fsp3) is 0.500. The SMILES string of the molecule is CCCCc1ccc(NCCO)cc1. The zero-order valence-corrected chi connectivity index (χ0v) is 8.79. The van der Waals surface area contributed by atoms with Crippen LogP contribution < -0.4 is 5.32 Å². The summed E-state index contributed by atoms with van der Waals surface area (Å²) in [4.78, 5) is 0. The van der Waals surface area contributed by atoms with E-state index in [2.05, 4.69) is 36.5 Å². The minimum atomic E-state index is 0.178. The van der Waals surface area contributed by atoms with Gasteiger partial charge in [0.25, 0.3) is 0 Å². The van der Waals surface area contributed by atoms with Gasteiger partial charge < -0.3 is 10.4 Å². The van der Waals surface area contributed by atoms with Gasteiger partial charge in [0.15, 0.2) is 0 Å². The van der Waals surface area contributed by atoms with Crippen LogP contribution in [0, 0.1) is 0 Å². The summed E-state index contributed by atoms with van der Waals surface area (Å²) in [5.41, 5.74) is 2.47. The van der Waals surface area contributed by atoms with Crippen molar-refractivity contribution >= 4 is 5.69 Å². The van der Waals surface area contributed by atoms with Crippen LogP contribution in [0.25, 0.3) is 0 Å². The van der Waals surface area contributed by atoms with Gasteiger partial charge in [0, 0.05) is 12.2 Å². The molecule has 2 N–H and O–H groups in total. The number of unbranched alkanes of at least 4 members (excludes halogenated alkanes) is 1. The summed E-state index contributed by atoms with van der Waals surface area (Å²) >= 11 is 0. The minimum Gasteiger partial charge on any atom is -0.395 e. The molecule has 0 aromatic heterocycles. The van der Waals surface area contributed by atoms with Gasteiger partial charge in [-0.05, 0) is 30.5 Å². The summed E-state index contributed by atoms with van der Waals surface area (Å²) < 4.78 is 0. The Labute approximate surface area is 86.0 Å². The van der Waals surface area contributed by atoms with Crippen molar-refractivity contribution in [1.29, 1.82) is 0 Å². The van der Waals surface area contributed by atoms with Crippen LogP contribution in [-0.4, -0.2) is 18.3 Å². The minimum absolute atomic E-state index is 0.178. The molecule has 0 aliphatic carbocycles. The molecule has 1 aromatic rings. The molecule has 0 saturated carbocycles. The Morgan fingerprint density at radius 1 is 1.21 bits per heavy atom. The number of hydrogen-bond acceptors (Lipinski definition) is 2. The summed E-state index contributed by atoms with van der Waals surface area (Å²) in [6.45, 7) is 3.00. The molecule has 0 unspecified atom stereocenters. The highest BCUT2D eigenvalue weighted by atomic mass is 16.3. The van der Waals surface area contributed by atoms with Crippen molar-refractivity contribution in [2.45, 2.75) is 26.2 Å². The van der Waals surface area contributed by atoms with Gasteiger partial charge in [-0.15, -0.1) is 0 Å². The number of aliphatic hydroxyl groups excluding tert-OH is 1. The maximum Gasteiger partial charge on any atom is 0.0604 e. The Hall–Kier alpha value is -1.02. The molecule has 14 heavy (non-hydrogen) atoms. The molecular formula is C12H19NO. The molecule has 0 amide bonds. The second-order valence-corrected chi connectivity index (χ2v) is 3.45. The summed E-state index contributed by atoms with van der Waals surface area (Å²) in [6.07, 6.45) is 3.66. The second kappa shape index (κ2) is 6.44. The van der Waals surface area contributed by atoms with E-state index in [4.69, 9.17) is 5.11 Å². The van der Waals surface area contributed by atoms with E-state index in [1.54, 1.807) is 0 Å². The molecule has 78 valence electrons. The molecule has 0 aliphatic rings. The lowest BCUT2D eigenvalue weighted by Crippen LogP contribution is -2.05. The molecule has 0 bridgehead atoms. The van der Waals surface area contributed by atoms with Gasteiger partial charge in [-0.3, -0.25) is 0 Å². The Balaban J connectivity index is 2.42. The molecule has 0 heterocycles. The predicted octanol–water partition coefficient (Wildman–Crippen LogP) is 2.43. The average molecular weight is 193 g/mol. The third kappa shape index (κ3) is 3.79. The van der Waals surface area contributed by atoms with Crippen molar-refractivity contribution in [2.75, 3.05) is 18.5 Å². The van der Waals surface area contributed by atoms with E-state index in [1.807, 2.05) is 0 Å². The number of aryl methyl sites for hydroxylation is 1. The Morgan fingerprint density at radius 3 is 2.50 bits per heavy atom. The zero-order valence-electron chi connectivity index (χ0n) is 8.79. The van der Waals surface area contributed by atoms with E-state index >= 15 is 0 Å². The van der Waals surface area contributed by atoms with Gasteiger partial charge in [0.2, 0.25) is 0 Å². The van der Waals surface area contributed by atoms with E-state index in [0.29, 0.717) is 6.54 Å².